The lowest BCUT2D eigenvalue weighted by Crippen LogP contribution is -2.52. The molecule has 0 unspecified atom stereocenters. The van der Waals surface area contributed by atoms with Crippen LogP contribution in [0.1, 0.15) is 48.9 Å². The van der Waals surface area contributed by atoms with Crippen LogP contribution in [0.4, 0.5) is 65.3 Å². The van der Waals surface area contributed by atoms with Crippen molar-refractivity contribution in [1.82, 2.24) is 60.1 Å². The third kappa shape index (κ3) is 27.8. The van der Waals surface area contributed by atoms with Gasteiger partial charge in [-0.15, -0.1) is 0 Å². The highest BCUT2D eigenvalue weighted by Crippen LogP contribution is 2.30. The van der Waals surface area contributed by atoms with Gasteiger partial charge in [-0.3, -0.25) is 0 Å². The molecule has 0 atom stereocenters. The average Bonchev–Trinajstić information content (AvgIpc) is 0.845. The van der Waals surface area contributed by atoms with Gasteiger partial charge in [0.15, 0.2) is 5.11 Å². The first-order valence-electron chi connectivity index (χ1n) is 40.9. The second-order valence-electron chi connectivity index (χ2n) is 29.3. The standard InChI is InChI=1S/C19H23ClN4O2.C19H23ClN4S.2C18H21ClN4O.C16H16Cl2N4O/c1-26-16-6-4-15(5-7-16)8-10-22-19(25)24-13-11-23(12-14-24)18-17(20)3-2-9-21-18;1-14(2)15-5-7-16(8-6-15)22-19(25)24-12-10-23(11-13-24)18-17(20)4-3-9-21-18;1-2-14-5-7-15(8-6-14)21-18(24)23-12-10-22(11-13-23)17-16(19)4-3-9-20-17;19-16-7-4-9-20-17(16)22-11-13-23(14-12-22)18(24)21-10-8-15-5-2-1-3-6-15;17-12-3-5-13(6-4-12)20-16(23)22-10-8-21(9-11-22)15-14(18)2-1-7-19-15/h2-7,9H,8,10-14H2,1H3,(H,22,25);3-9,14H,10-13H2,1-2H3,(H,22,25);3-9H,2,10-13H2,1H3,(H,21,24);1-7,9H,8,10-14H2,(H,21,24);1-7H,8-11H2,(H,20,23). The van der Waals surface area contributed by atoms with Crippen molar-refractivity contribution in [3.05, 3.63) is 271 Å². The molecule has 15 rings (SSSR count). The van der Waals surface area contributed by atoms with E-state index in [1.165, 1.54) is 22.3 Å². The van der Waals surface area contributed by atoms with E-state index in [0.29, 0.717) is 115 Å². The van der Waals surface area contributed by atoms with Crippen molar-refractivity contribution in [2.24, 2.45) is 0 Å². The van der Waals surface area contributed by atoms with Crippen molar-refractivity contribution in [2.45, 2.75) is 46.0 Å². The first-order chi connectivity index (χ1) is 59.2. The number of nitrogens with one attached hydrogen (secondary N) is 5. The van der Waals surface area contributed by atoms with Gasteiger partial charge in [0.1, 0.15) is 34.8 Å². The van der Waals surface area contributed by atoms with Crippen LogP contribution in [0.3, 0.4) is 0 Å². The summed E-state index contributed by atoms with van der Waals surface area (Å²) >= 11 is 42.4. The molecule has 5 fully saturated rings. The van der Waals surface area contributed by atoms with Gasteiger partial charge in [0.05, 0.1) is 32.2 Å². The fourth-order valence-electron chi connectivity index (χ4n) is 13.9. The maximum atomic E-state index is 12.4. The minimum absolute atomic E-state index is 0.00213. The van der Waals surface area contributed by atoms with Crippen LogP contribution in [-0.2, 0) is 19.3 Å². The zero-order valence-electron chi connectivity index (χ0n) is 69.0. The Morgan fingerprint density at radius 1 is 0.352 bits per heavy atom. The third-order valence-electron chi connectivity index (χ3n) is 20.9. The number of anilines is 8. The molecule has 642 valence electrons. The number of halogens is 6. The molecule has 5 aromatic heterocycles. The molecule has 5 aromatic carbocycles. The van der Waals surface area contributed by atoms with Gasteiger partial charge in [-0.05, 0) is 181 Å². The summed E-state index contributed by atoms with van der Waals surface area (Å²) in [5.41, 5.74) is 7.57. The maximum Gasteiger partial charge on any atom is 0.321 e. The number of methoxy groups -OCH3 is 1. The number of nitrogens with zero attached hydrogens (tertiary/aromatic N) is 15. The summed E-state index contributed by atoms with van der Waals surface area (Å²) in [6.07, 6.45) is 11.3. The molecule has 0 saturated carbocycles. The Morgan fingerprint density at radius 2 is 0.648 bits per heavy atom. The molecule has 5 aliphatic heterocycles. The van der Waals surface area contributed by atoms with E-state index in [-0.39, 0.29) is 24.1 Å². The van der Waals surface area contributed by atoms with Crippen LogP contribution in [0.5, 0.6) is 5.75 Å². The van der Waals surface area contributed by atoms with E-state index < -0.39 is 0 Å². The highest BCUT2D eigenvalue weighted by atomic mass is 35.5. The van der Waals surface area contributed by atoms with E-state index in [1.807, 2.05) is 142 Å². The predicted octanol–water partition coefficient (Wildman–Crippen LogP) is 17.4. The number of aromatic nitrogens is 5. The van der Waals surface area contributed by atoms with Crippen LogP contribution in [0.25, 0.3) is 0 Å². The molecule has 5 saturated heterocycles. The van der Waals surface area contributed by atoms with E-state index in [1.54, 1.807) is 67.3 Å². The Hall–Kier alpha value is -10.8. The molecule has 25 nitrogen and oxygen atoms in total. The topological polar surface area (TPSA) is 235 Å². The van der Waals surface area contributed by atoms with E-state index in [2.05, 4.69) is 138 Å². The summed E-state index contributed by atoms with van der Waals surface area (Å²) < 4.78 is 5.15. The van der Waals surface area contributed by atoms with Crippen LogP contribution in [0.15, 0.2) is 219 Å². The van der Waals surface area contributed by atoms with Gasteiger partial charge in [-0.25, -0.2) is 44.1 Å². The lowest BCUT2D eigenvalue weighted by molar-refractivity contribution is 0.193. The third-order valence-corrected chi connectivity index (χ3v) is 23.0. The number of ether oxygens (including phenoxy) is 1. The van der Waals surface area contributed by atoms with Crippen molar-refractivity contribution >= 4 is 157 Å². The molecule has 32 heteroatoms. The van der Waals surface area contributed by atoms with Crippen LogP contribution in [0.2, 0.25) is 30.1 Å². The first-order valence-corrected chi connectivity index (χ1v) is 43.6. The van der Waals surface area contributed by atoms with Gasteiger partial charge < -0.3 is 80.3 Å². The van der Waals surface area contributed by atoms with Crippen molar-refractivity contribution in [3.63, 3.8) is 0 Å². The highest BCUT2D eigenvalue weighted by Gasteiger charge is 2.29. The summed E-state index contributed by atoms with van der Waals surface area (Å²) in [5, 5.41) is 19.8. The van der Waals surface area contributed by atoms with Gasteiger partial charge in [-0.1, -0.05) is 157 Å². The number of piperazine rings is 5. The summed E-state index contributed by atoms with van der Waals surface area (Å²) in [7, 11) is 1.65. The predicted molar refractivity (Wildman–Crippen MR) is 501 cm³/mol. The SMILES string of the molecule is CC(C)c1ccc(NC(=S)N2CCN(c3ncccc3Cl)CC2)cc1.CCc1ccc(NC(=O)N2CCN(c3ncccc3Cl)CC2)cc1.COc1ccc(CCNC(=O)N2CCN(c3ncccc3Cl)CC2)cc1.O=C(NCCc1ccccc1)N1CCN(c2ncccc2Cl)CC1.O=C(Nc1ccc(Cl)cc1)N1CCN(c2ncccc2Cl)CC1. The number of amides is 8. The fourth-order valence-corrected chi connectivity index (χ4v) is 15.5. The van der Waals surface area contributed by atoms with Crippen molar-refractivity contribution in [2.75, 3.05) is 192 Å². The number of thiocarbonyl (C=S) groups is 1. The zero-order valence-corrected chi connectivity index (χ0v) is 74.3. The van der Waals surface area contributed by atoms with Crippen molar-refractivity contribution in [3.8, 4) is 5.75 Å². The number of carbonyl (C=O) groups excluding carboxylic acids is 4. The van der Waals surface area contributed by atoms with Crippen molar-refractivity contribution in [1.29, 1.82) is 0 Å². The van der Waals surface area contributed by atoms with Gasteiger partial charge in [0.25, 0.3) is 0 Å². The van der Waals surface area contributed by atoms with Crippen LogP contribution in [0, 0.1) is 0 Å². The number of benzene rings is 5. The Bertz CT molecular complexity index is 4950. The van der Waals surface area contributed by atoms with Crippen LogP contribution >= 0.6 is 81.8 Å². The van der Waals surface area contributed by atoms with E-state index >= 15 is 0 Å². The van der Waals surface area contributed by atoms with Crippen LogP contribution in [-0.4, -0.2) is 230 Å². The molecular weight excluding hydrogens is 1690 g/mol. The lowest BCUT2D eigenvalue weighted by atomic mass is 10.0. The highest BCUT2D eigenvalue weighted by molar-refractivity contribution is 7.80. The van der Waals surface area contributed by atoms with Crippen molar-refractivity contribution < 1.29 is 23.9 Å². The van der Waals surface area contributed by atoms with Gasteiger partial charge in [-0.2, -0.15) is 0 Å². The number of carbonyl (C=O) groups is 4. The second kappa shape index (κ2) is 47.5. The maximum absolute atomic E-state index is 12.4. The molecule has 0 radical (unpaired) electrons. The lowest BCUT2D eigenvalue weighted by Gasteiger charge is -2.37. The van der Waals surface area contributed by atoms with Gasteiger partial charge in [0, 0.05) is 197 Å². The van der Waals surface area contributed by atoms with Gasteiger partial charge in [0.2, 0.25) is 0 Å². The van der Waals surface area contributed by atoms with E-state index in [0.717, 1.165) is 142 Å². The molecular formula is C90H104Cl6N20O5S. The average molecular weight is 1790 g/mol. The first kappa shape index (κ1) is 91.9. The molecule has 0 aliphatic carbocycles. The number of hydrogen-bond donors (Lipinski definition) is 5. The van der Waals surface area contributed by atoms with Gasteiger partial charge >= 0.3 is 24.1 Å². The largest absolute Gasteiger partial charge is 0.497 e. The molecule has 122 heavy (non-hydrogen) atoms. The normalized spacial score (nSPS) is 14.5. The fraction of sp³-hybridized carbons (Fsp3) is 0.333. The number of aryl methyl sites for hydroxylation is 1. The number of rotatable bonds is 17. The molecule has 0 spiro atoms. The number of hydrogen-bond acceptors (Lipinski definition) is 16. The quantitative estimate of drug-likeness (QED) is 0.0533. The monoisotopic (exact) mass is 1790 g/mol. The number of urea groups is 4. The Kier molecular flexibility index (Phi) is 35.8. The molecule has 10 aromatic rings. The molecule has 8 amide bonds. The Labute approximate surface area is 750 Å². The number of pyridine rings is 5. The summed E-state index contributed by atoms with van der Waals surface area (Å²) in [4.78, 5) is 91.1. The minimum Gasteiger partial charge on any atom is -0.497 e. The summed E-state index contributed by atoms with van der Waals surface area (Å²) in [6.45, 7) is 22.1. The summed E-state index contributed by atoms with van der Waals surface area (Å²) in [5.74, 6) is 5.36. The molecule has 5 N–H and O–H groups in total. The molecule has 0 bridgehead atoms. The van der Waals surface area contributed by atoms with E-state index in [4.69, 9.17) is 86.6 Å². The van der Waals surface area contributed by atoms with E-state index in [9.17, 15) is 19.2 Å². The Balaban J connectivity index is 0.000000149. The summed E-state index contributed by atoms with van der Waals surface area (Å²) in [6, 6.07) is 59.7. The van der Waals surface area contributed by atoms with Crippen LogP contribution < -0.4 is 55.8 Å². The molecule has 5 aliphatic rings. The zero-order chi connectivity index (χ0) is 86.1. The minimum atomic E-state index is -0.112. The Morgan fingerprint density at radius 3 is 0.967 bits per heavy atom. The smallest absolute Gasteiger partial charge is 0.321 e. The second-order valence-corrected chi connectivity index (χ2v) is 32.2. The molecule has 10 heterocycles.